The molecule has 1 saturated carbocycles. The molecular weight excluding hydrogens is 558 g/mol. The zero-order valence-corrected chi connectivity index (χ0v) is 24.3. The lowest BCUT2D eigenvalue weighted by molar-refractivity contribution is -0.133. The average molecular weight is 590 g/mol. The van der Waals surface area contributed by atoms with E-state index in [1.807, 2.05) is 73.7 Å². The Hall–Kier alpha value is -5.18. The first-order valence-electron chi connectivity index (χ1n) is 14.7. The van der Waals surface area contributed by atoms with Crippen LogP contribution in [0.5, 0.6) is 11.5 Å². The molecule has 4 aromatic rings. The van der Waals surface area contributed by atoms with Gasteiger partial charge in [0.25, 0.3) is 0 Å². The van der Waals surface area contributed by atoms with Crippen molar-refractivity contribution in [2.24, 2.45) is 13.0 Å². The quantitative estimate of drug-likeness (QED) is 0.354. The first kappa shape index (κ1) is 27.6. The smallest absolute Gasteiger partial charge is 0.347 e. The van der Waals surface area contributed by atoms with E-state index in [2.05, 4.69) is 0 Å². The number of ether oxygens (including phenoxy) is 1. The fourth-order valence-corrected chi connectivity index (χ4v) is 7.60. The highest BCUT2D eigenvalue weighted by molar-refractivity contribution is 6.31. The summed E-state index contributed by atoms with van der Waals surface area (Å²) < 4.78 is 9.67. The molecule has 0 bridgehead atoms. The summed E-state index contributed by atoms with van der Waals surface area (Å²) in [6.45, 7) is 2.26. The molecule has 7 rings (SSSR count). The maximum absolute atomic E-state index is 14.9. The molecule has 0 spiro atoms. The van der Waals surface area contributed by atoms with Crippen molar-refractivity contribution >= 4 is 17.1 Å². The molecule has 3 aromatic carbocycles. The van der Waals surface area contributed by atoms with Gasteiger partial charge in [0.05, 0.1) is 24.6 Å². The second-order valence-electron chi connectivity index (χ2n) is 11.5. The highest BCUT2D eigenvalue weighted by Crippen LogP contribution is 2.61. The molecule has 4 atom stereocenters. The summed E-state index contributed by atoms with van der Waals surface area (Å²) in [6, 6.07) is 22.8. The second-order valence-corrected chi connectivity index (χ2v) is 11.5. The van der Waals surface area contributed by atoms with Crippen LogP contribution >= 0.6 is 0 Å². The molecule has 0 saturated heterocycles. The van der Waals surface area contributed by atoms with E-state index in [-0.39, 0.29) is 36.0 Å². The van der Waals surface area contributed by atoms with Crippen molar-refractivity contribution in [3.63, 3.8) is 0 Å². The molecule has 2 aliphatic carbocycles. The van der Waals surface area contributed by atoms with Crippen LogP contribution in [-0.4, -0.2) is 37.2 Å². The van der Waals surface area contributed by atoms with Gasteiger partial charge in [-0.05, 0) is 53.8 Å². The molecule has 9 nitrogen and oxygen atoms in total. The van der Waals surface area contributed by atoms with Crippen LogP contribution in [-0.2, 0) is 28.6 Å². The summed E-state index contributed by atoms with van der Waals surface area (Å²) in [5.74, 6) is -1.79. The van der Waals surface area contributed by atoms with Gasteiger partial charge in [-0.15, -0.1) is 0 Å². The van der Waals surface area contributed by atoms with Crippen molar-refractivity contribution in [2.75, 3.05) is 6.61 Å². The molecule has 0 radical (unpaired) electrons. The van der Waals surface area contributed by atoms with Crippen molar-refractivity contribution in [3.05, 3.63) is 134 Å². The Morgan fingerprint density at radius 3 is 2.34 bits per heavy atom. The van der Waals surface area contributed by atoms with E-state index in [0.29, 0.717) is 28.9 Å². The van der Waals surface area contributed by atoms with E-state index >= 15 is 0 Å². The second kappa shape index (κ2) is 10.2. The van der Waals surface area contributed by atoms with Crippen molar-refractivity contribution < 1.29 is 19.4 Å². The monoisotopic (exact) mass is 589 g/mol. The third-order valence-corrected chi connectivity index (χ3v) is 9.45. The van der Waals surface area contributed by atoms with Crippen LogP contribution in [0, 0.1) is 5.92 Å². The van der Waals surface area contributed by atoms with Gasteiger partial charge in [0.15, 0.2) is 23.1 Å². The highest BCUT2D eigenvalue weighted by atomic mass is 16.5. The fraction of sp³-hybridized carbons (Fsp3) is 0.257. The van der Waals surface area contributed by atoms with Gasteiger partial charge in [-0.25, -0.2) is 23.5 Å². The summed E-state index contributed by atoms with van der Waals surface area (Å²) in [7, 11) is 1.44. The van der Waals surface area contributed by atoms with E-state index in [4.69, 9.17) is 4.74 Å². The number of hydrogen-bond acceptors (Lipinski definition) is 6. The van der Waals surface area contributed by atoms with Crippen LogP contribution in [0.2, 0.25) is 0 Å². The average Bonchev–Trinajstić information content (AvgIpc) is 3.27. The maximum atomic E-state index is 14.9. The zero-order chi connectivity index (χ0) is 30.7. The standard InChI is InChI=1S/C35H31N3O6/c1-3-44-29-18-22(14-15-28(29)39)31-24-16-17-37-33(42)36(2)34(43)38(37)27(24)20-26-32(41)25(21-10-6-4-7-11-21)19-30(40)35(26,31)23-12-8-5-9-13-23/h4-16,18-19,26-27,31,39H,3,17,20H2,1-2H3. The van der Waals surface area contributed by atoms with Crippen molar-refractivity contribution in [2.45, 2.75) is 37.3 Å². The fourth-order valence-electron chi connectivity index (χ4n) is 7.60. The molecule has 0 amide bonds. The largest absolute Gasteiger partial charge is 0.504 e. The third kappa shape index (κ3) is 3.78. The maximum Gasteiger partial charge on any atom is 0.347 e. The molecular formula is C35H31N3O6. The molecule has 1 aliphatic heterocycles. The molecule has 3 aliphatic rings. The van der Waals surface area contributed by atoms with Gasteiger partial charge in [-0.2, -0.15) is 0 Å². The van der Waals surface area contributed by atoms with Gasteiger partial charge in [-0.3, -0.25) is 9.59 Å². The number of aromatic nitrogens is 3. The summed E-state index contributed by atoms with van der Waals surface area (Å²) in [5.41, 5.74) is 0.799. The minimum absolute atomic E-state index is 0.0451. The molecule has 4 unspecified atom stereocenters. The number of Topliss-reactive ketones (excluding diaryl/α,β-unsaturated/α-hetero) is 1. The Labute approximate surface area is 252 Å². The number of benzene rings is 3. The minimum Gasteiger partial charge on any atom is -0.504 e. The van der Waals surface area contributed by atoms with Crippen molar-refractivity contribution in [1.29, 1.82) is 0 Å². The van der Waals surface area contributed by atoms with Gasteiger partial charge in [0.2, 0.25) is 0 Å². The number of phenolic OH excluding ortho intramolecular Hbond substituents is 1. The number of rotatable bonds is 5. The topological polar surface area (TPSA) is 113 Å². The van der Waals surface area contributed by atoms with Crippen LogP contribution in [0.25, 0.3) is 5.57 Å². The normalized spacial score (nSPS) is 24.1. The van der Waals surface area contributed by atoms with E-state index < -0.39 is 34.7 Å². The lowest BCUT2D eigenvalue weighted by atomic mass is 9.47. The van der Waals surface area contributed by atoms with Gasteiger partial charge >= 0.3 is 11.4 Å². The van der Waals surface area contributed by atoms with Crippen LogP contribution in [0.1, 0.15) is 42.0 Å². The molecule has 2 heterocycles. The van der Waals surface area contributed by atoms with E-state index in [9.17, 15) is 24.3 Å². The SMILES string of the molecule is CCOc1cc(C2C3=CCn4c(=O)n(C)c(=O)n4C3CC3C(=O)C(c4ccccc4)=CC(=O)C32c2ccccc2)ccc1O. The Morgan fingerprint density at radius 2 is 1.64 bits per heavy atom. The van der Waals surface area contributed by atoms with Gasteiger partial charge < -0.3 is 9.84 Å². The van der Waals surface area contributed by atoms with E-state index in [1.54, 1.807) is 12.1 Å². The Balaban J connectivity index is 1.56. The highest BCUT2D eigenvalue weighted by Gasteiger charge is 2.63. The van der Waals surface area contributed by atoms with Crippen molar-refractivity contribution in [1.82, 2.24) is 13.9 Å². The van der Waals surface area contributed by atoms with E-state index in [0.717, 1.165) is 10.1 Å². The van der Waals surface area contributed by atoms with Crippen LogP contribution in [0.3, 0.4) is 0 Å². The van der Waals surface area contributed by atoms with Gasteiger partial charge in [-0.1, -0.05) is 72.8 Å². The lowest BCUT2D eigenvalue weighted by Gasteiger charge is -2.54. The number of phenols is 1. The predicted molar refractivity (Wildman–Crippen MR) is 164 cm³/mol. The number of ketones is 2. The number of allylic oxidation sites excluding steroid dienone is 4. The lowest BCUT2D eigenvalue weighted by Crippen LogP contribution is -2.58. The Kier molecular flexibility index (Phi) is 6.42. The van der Waals surface area contributed by atoms with E-state index in [1.165, 1.54) is 28.6 Å². The summed E-state index contributed by atoms with van der Waals surface area (Å²) in [5, 5.41) is 10.6. The van der Waals surface area contributed by atoms with Crippen LogP contribution in [0.4, 0.5) is 0 Å². The predicted octanol–water partition coefficient (Wildman–Crippen LogP) is 3.91. The summed E-state index contributed by atoms with van der Waals surface area (Å²) in [4.78, 5) is 56.2. The third-order valence-electron chi connectivity index (χ3n) is 9.45. The Morgan fingerprint density at radius 1 is 0.932 bits per heavy atom. The number of hydrogen-bond donors (Lipinski definition) is 1. The number of fused-ring (bicyclic) bond motifs is 4. The molecule has 44 heavy (non-hydrogen) atoms. The molecule has 1 fully saturated rings. The summed E-state index contributed by atoms with van der Waals surface area (Å²) in [6.07, 6.45) is 3.54. The molecule has 222 valence electrons. The molecule has 1 N–H and O–H groups in total. The van der Waals surface area contributed by atoms with Gasteiger partial charge in [0, 0.05) is 24.5 Å². The Bertz CT molecular complexity index is 2000. The summed E-state index contributed by atoms with van der Waals surface area (Å²) >= 11 is 0. The molecule has 9 heteroatoms. The number of carbonyl (C=O) groups is 2. The van der Waals surface area contributed by atoms with Crippen LogP contribution < -0.4 is 16.1 Å². The number of carbonyl (C=O) groups excluding carboxylic acids is 2. The first-order chi connectivity index (χ1) is 21.3. The number of nitrogens with zero attached hydrogens (tertiary/aromatic N) is 3. The minimum atomic E-state index is -1.36. The van der Waals surface area contributed by atoms with Crippen molar-refractivity contribution in [3.8, 4) is 11.5 Å². The number of aromatic hydroxyl groups is 1. The van der Waals surface area contributed by atoms with Crippen LogP contribution in [0.15, 0.2) is 106 Å². The zero-order valence-electron chi connectivity index (χ0n) is 24.3. The molecule has 1 aromatic heterocycles. The van der Waals surface area contributed by atoms with Gasteiger partial charge in [0.1, 0.15) is 0 Å². The first-order valence-corrected chi connectivity index (χ1v) is 14.7.